The smallest absolute Gasteiger partial charge is 0.355 e. The summed E-state index contributed by atoms with van der Waals surface area (Å²) in [6.07, 6.45) is 1.43. The van der Waals surface area contributed by atoms with Crippen LogP contribution in [0.3, 0.4) is 0 Å². The summed E-state index contributed by atoms with van der Waals surface area (Å²) in [6.45, 7) is 0. The Morgan fingerprint density at radius 2 is 1.67 bits per heavy atom. The minimum atomic E-state index is -0.550. The lowest BCUT2D eigenvalue weighted by Gasteiger charge is -2.13. The van der Waals surface area contributed by atoms with E-state index < -0.39 is 11.9 Å². The summed E-state index contributed by atoms with van der Waals surface area (Å²) in [5, 5.41) is 5.17. The van der Waals surface area contributed by atoms with Crippen molar-refractivity contribution in [2.24, 2.45) is 5.10 Å². The van der Waals surface area contributed by atoms with Crippen LogP contribution in [0, 0.1) is 0 Å². The zero-order valence-electron chi connectivity index (χ0n) is 19.5. The van der Waals surface area contributed by atoms with E-state index in [9.17, 15) is 9.59 Å². The number of ether oxygens (including phenoxy) is 4. The Morgan fingerprint density at radius 3 is 2.33 bits per heavy atom. The van der Waals surface area contributed by atoms with Gasteiger partial charge in [-0.05, 0) is 35.9 Å². The van der Waals surface area contributed by atoms with E-state index in [2.05, 4.69) is 10.5 Å². The number of halogens is 1. The minimum Gasteiger partial charge on any atom is -0.493 e. The fourth-order valence-electron chi connectivity index (χ4n) is 3.40. The largest absolute Gasteiger partial charge is 0.493 e. The molecule has 10 heteroatoms. The summed E-state index contributed by atoms with van der Waals surface area (Å²) >= 11 is 7.65. The third kappa shape index (κ3) is 5.27. The Hall–Kier alpha value is -4.08. The molecule has 4 aromatic rings. The molecule has 1 aromatic heterocycles. The standard InChI is InChI=1S/C26H21ClN2O6S/c1-32-19-12-16(13-20(33-2)23(19)34-3)25(30)29-28-14-15-7-6-8-17(11-15)35-26(31)24-22(27)18-9-4-5-10-21(18)36-24/h4-14H,1-3H3,(H,29,30)/b28-14+. The predicted molar refractivity (Wildman–Crippen MR) is 139 cm³/mol. The van der Waals surface area contributed by atoms with Crippen molar-refractivity contribution in [3.63, 3.8) is 0 Å². The Kier molecular flexibility index (Phi) is 7.72. The number of methoxy groups -OCH3 is 3. The SMILES string of the molecule is COc1cc(C(=O)N/N=C/c2cccc(OC(=O)c3sc4ccccc4c3Cl)c2)cc(OC)c1OC. The Morgan fingerprint density at radius 1 is 0.944 bits per heavy atom. The molecule has 0 fully saturated rings. The van der Waals surface area contributed by atoms with Crippen LogP contribution in [0.15, 0.2) is 65.8 Å². The fraction of sp³-hybridized carbons (Fsp3) is 0.115. The number of amides is 1. The second-order valence-electron chi connectivity index (χ2n) is 7.32. The van der Waals surface area contributed by atoms with Crippen molar-refractivity contribution in [3.05, 3.63) is 81.7 Å². The van der Waals surface area contributed by atoms with Gasteiger partial charge in [0, 0.05) is 15.6 Å². The van der Waals surface area contributed by atoms with Gasteiger partial charge in [0.2, 0.25) is 5.75 Å². The number of nitrogens with one attached hydrogen (secondary N) is 1. The van der Waals surface area contributed by atoms with Crippen LogP contribution in [0.5, 0.6) is 23.0 Å². The molecule has 1 heterocycles. The average molecular weight is 525 g/mol. The normalized spacial score (nSPS) is 10.9. The van der Waals surface area contributed by atoms with E-state index >= 15 is 0 Å². The number of carbonyl (C=O) groups excluding carboxylic acids is 2. The maximum absolute atomic E-state index is 12.7. The third-order valence-electron chi connectivity index (χ3n) is 5.10. The molecule has 0 aliphatic heterocycles. The number of hydrogen-bond acceptors (Lipinski definition) is 8. The topological polar surface area (TPSA) is 95.5 Å². The lowest BCUT2D eigenvalue weighted by atomic mass is 10.1. The molecular formula is C26H21ClN2O6S. The molecule has 0 bridgehead atoms. The quantitative estimate of drug-likeness (QED) is 0.140. The van der Waals surface area contributed by atoms with Crippen LogP contribution in [-0.2, 0) is 0 Å². The highest BCUT2D eigenvalue weighted by atomic mass is 35.5. The van der Waals surface area contributed by atoms with Crippen molar-refractivity contribution in [2.45, 2.75) is 0 Å². The number of carbonyl (C=O) groups is 2. The Balaban J connectivity index is 1.45. The first-order chi connectivity index (χ1) is 17.4. The van der Waals surface area contributed by atoms with Crippen LogP contribution in [0.25, 0.3) is 10.1 Å². The van der Waals surface area contributed by atoms with Crippen molar-refractivity contribution in [2.75, 3.05) is 21.3 Å². The van der Waals surface area contributed by atoms with Gasteiger partial charge in [-0.3, -0.25) is 4.79 Å². The van der Waals surface area contributed by atoms with E-state index in [1.165, 1.54) is 51.0 Å². The number of hydrazone groups is 1. The first-order valence-electron chi connectivity index (χ1n) is 10.6. The summed E-state index contributed by atoms with van der Waals surface area (Å²) in [7, 11) is 4.41. The van der Waals surface area contributed by atoms with Gasteiger partial charge in [-0.25, -0.2) is 10.2 Å². The van der Waals surface area contributed by atoms with Crippen LogP contribution >= 0.6 is 22.9 Å². The summed E-state index contributed by atoms with van der Waals surface area (Å²) in [6, 6.07) is 17.2. The molecular weight excluding hydrogens is 504 g/mol. The number of hydrogen-bond donors (Lipinski definition) is 1. The lowest BCUT2D eigenvalue weighted by molar-refractivity contribution is 0.0740. The minimum absolute atomic E-state index is 0.268. The fourth-order valence-corrected chi connectivity index (χ4v) is 4.78. The molecule has 8 nitrogen and oxygen atoms in total. The van der Waals surface area contributed by atoms with E-state index in [4.69, 9.17) is 30.5 Å². The zero-order chi connectivity index (χ0) is 25.7. The summed E-state index contributed by atoms with van der Waals surface area (Å²) < 4.78 is 22.2. The summed E-state index contributed by atoms with van der Waals surface area (Å²) in [5.41, 5.74) is 3.32. The number of esters is 1. The second kappa shape index (κ2) is 11.1. The molecule has 184 valence electrons. The Bertz CT molecular complexity index is 1440. The van der Waals surface area contributed by atoms with Gasteiger partial charge in [-0.1, -0.05) is 41.9 Å². The summed E-state index contributed by atoms with van der Waals surface area (Å²) in [4.78, 5) is 25.6. The van der Waals surface area contributed by atoms with E-state index in [1.807, 2.05) is 24.3 Å². The van der Waals surface area contributed by atoms with Crippen molar-refractivity contribution >= 4 is 51.1 Å². The molecule has 0 radical (unpaired) electrons. The van der Waals surface area contributed by atoms with Gasteiger partial charge >= 0.3 is 5.97 Å². The van der Waals surface area contributed by atoms with Crippen LogP contribution < -0.4 is 24.4 Å². The monoisotopic (exact) mass is 524 g/mol. The summed E-state index contributed by atoms with van der Waals surface area (Å²) in [5.74, 6) is 0.355. The molecule has 4 rings (SSSR count). The highest BCUT2D eigenvalue weighted by Gasteiger charge is 2.19. The van der Waals surface area contributed by atoms with Gasteiger partial charge in [0.1, 0.15) is 10.6 Å². The van der Waals surface area contributed by atoms with Crippen molar-refractivity contribution < 1.29 is 28.5 Å². The van der Waals surface area contributed by atoms with Gasteiger partial charge in [-0.15, -0.1) is 11.3 Å². The molecule has 0 atom stereocenters. The average Bonchev–Trinajstić information content (AvgIpc) is 3.24. The lowest BCUT2D eigenvalue weighted by Crippen LogP contribution is -2.18. The zero-order valence-corrected chi connectivity index (χ0v) is 21.1. The molecule has 1 amide bonds. The molecule has 0 saturated heterocycles. The van der Waals surface area contributed by atoms with Gasteiger partial charge < -0.3 is 18.9 Å². The molecule has 0 spiro atoms. The molecule has 0 aliphatic rings. The number of nitrogens with zero attached hydrogens (tertiary/aromatic N) is 1. The van der Waals surface area contributed by atoms with E-state index in [0.717, 1.165) is 10.1 Å². The molecule has 36 heavy (non-hydrogen) atoms. The molecule has 0 aliphatic carbocycles. The van der Waals surface area contributed by atoms with Gasteiger partial charge in [0.25, 0.3) is 5.91 Å². The van der Waals surface area contributed by atoms with Crippen molar-refractivity contribution in [3.8, 4) is 23.0 Å². The second-order valence-corrected chi connectivity index (χ2v) is 8.75. The first-order valence-corrected chi connectivity index (χ1v) is 11.8. The van der Waals surface area contributed by atoms with E-state index in [-0.39, 0.29) is 5.56 Å². The molecule has 1 N–H and O–H groups in total. The third-order valence-corrected chi connectivity index (χ3v) is 6.75. The first kappa shape index (κ1) is 25.0. The number of thiophene rings is 1. The van der Waals surface area contributed by atoms with E-state index in [1.54, 1.807) is 24.3 Å². The number of fused-ring (bicyclic) bond motifs is 1. The van der Waals surface area contributed by atoms with Crippen LogP contribution in [-0.4, -0.2) is 39.4 Å². The highest BCUT2D eigenvalue weighted by molar-refractivity contribution is 7.21. The van der Waals surface area contributed by atoms with Crippen LogP contribution in [0.4, 0.5) is 0 Å². The molecule has 0 saturated carbocycles. The maximum atomic E-state index is 12.7. The molecule has 3 aromatic carbocycles. The van der Waals surface area contributed by atoms with Gasteiger partial charge in [0.15, 0.2) is 11.5 Å². The molecule has 0 unspecified atom stereocenters. The van der Waals surface area contributed by atoms with Crippen molar-refractivity contribution in [1.29, 1.82) is 0 Å². The Labute approximate surface area is 216 Å². The van der Waals surface area contributed by atoms with E-state index in [0.29, 0.717) is 38.5 Å². The predicted octanol–water partition coefficient (Wildman–Crippen LogP) is 5.56. The highest BCUT2D eigenvalue weighted by Crippen LogP contribution is 2.38. The maximum Gasteiger partial charge on any atom is 0.355 e. The van der Waals surface area contributed by atoms with Gasteiger partial charge in [0.05, 0.1) is 32.6 Å². The van der Waals surface area contributed by atoms with Crippen molar-refractivity contribution in [1.82, 2.24) is 5.43 Å². The number of rotatable bonds is 8. The van der Waals surface area contributed by atoms with Crippen LogP contribution in [0.1, 0.15) is 25.6 Å². The van der Waals surface area contributed by atoms with Crippen LogP contribution in [0.2, 0.25) is 5.02 Å². The number of benzene rings is 3. The van der Waals surface area contributed by atoms with Gasteiger partial charge in [-0.2, -0.15) is 5.10 Å².